The van der Waals surface area contributed by atoms with Crippen LogP contribution in [0.25, 0.3) is 6.08 Å². The van der Waals surface area contributed by atoms with Crippen LogP contribution in [0.4, 0.5) is 5.69 Å². The second-order valence-corrected chi connectivity index (χ2v) is 9.62. The highest BCUT2D eigenvalue weighted by molar-refractivity contribution is 7.92. The van der Waals surface area contributed by atoms with E-state index in [2.05, 4.69) is 29.2 Å². The Morgan fingerprint density at radius 3 is 2.13 bits per heavy atom. The zero-order valence-corrected chi connectivity index (χ0v) is 19.0. The second-order valence-electron chi connectivity index (χ2n) is 7.76. The zero-order chi connectivity index (χ0) is 22.3. The normalized spacial score (nSPS) is 16.4. The third-order valence-corrected chi connectivity index (χ3v) is 6.66. The largest absolute Gasteiger partial charge is 0.338 e. The summed E-state index contributed by atoms with van der Waals surface area (Å²) in [6.07, 6.45) is 5.82. The summed E-state index contributed by atoms with van der Waals surface area (Å²) in [7, 11) is -3.60. The molecule has 1 fully saturated rings. The molecule has 31 heavy (non-hydrogen) atoms. The monoisotopic (exact) mass is 441 g/mol. The summed E-state index contributed by atoms with van der Waals surface area (Å²) >= 11 is 0. The van der Waals surface area contributed by atoms with Crippen LogP contribution in [-0.2, 0) is 14.8 Å². The van der Waals surface area contributed by atoms with Gasteiger partial charge in [0.1, 0.15) is 6.04 Å². The van der Waals surface area contributed by atoms with Crippen LogP contribution in [0.15, 0.2) is 66.7 Å². The molecule has 2 aromatic carbocycles. The number of carbonyl (C=O) groups excluding carboxylic acids is 1. The van der Waals surface area contributed by atoms with E-state index in [0.29, 0.717) is 25.2 Å². The number of anilines is 1. The van der Waals surface area contributed by atoms with Gasteiger partial charge in [-0.3, -0.25) is 14.0 Å². The van der Waals surface area contributed by atoms with Crippen LogP contribution in [0.2, 0.25) is 0 Å². The molecule has 2 aromatic rings. The van der Waals surface area contributed by atoms with Crippen LogP contribution >= 0.6 is 0 Å². The van der Waals surface area contributed by atoms with E-state index in [-0.39, 0.29) is 5.91 Å². The van der Waals surface area contributed by atoms with Crippen molar-refractivity contribution in [1.82, 2.24) is 9.80 Å². The fourth-order valence-corrected chi connectivity index (χ4v) is 5.09. The van der Waals surface area contributed by atoms with E-state index in [1.54, 1.807) is 29.2 Å². The lowest BCUT2D eigenvalue weighted by molar-refractivity contribution is -0.134. The molecule has 0 bridgehead atoms. The first-order chi connectivity index (χ1) is 14.9. The predicted octanol–water partition coefficient (Wildman–Crippen LogP) is 3.09. The Balaban J connectivity index is 1.62. The zero-order valence-electron chi connectivity index (χ0n) is 18.2. The highest BCUT2D eigenvalue weighted by atomic mass is 32.2. The molecule has 0 N–H and O–H groups in total. The number of para-hydroxylation sites is 1. The number of piperazine rings is 1. The van der Waals surface area contributed by atoms with Crippen molar-refractivity contribution in [1.29, 1.82) is 0 Å². The Kier molecular flexibility index (Phi) is 7.87. The van der Waals surface area contributed by atoms with Gasteiger partial charge in [-0.2, -0.15) is 0 Å². The van der Waals surface area contributed by atoms with Gasteiger partial charge in [-0.1, -0.05) is 67.6 Å². The average molecular weight is 442 g/mol. The van der Waals surface area contributed by atoms with E-state index in [1.165, 1.54) is 9.87 Å². The predicted molar refractivity (Wildman–Crippen MR) is 126 cm³/mol. The summed E-state index contributed by atoms with van der Waals surface area (Å²) in [5.74, 6) is -0.128. The number of hydrogen-bond acceptors (Lipinski definition) is 4. The van der Waals surface area contributed by atoms with Crippen LogP contribution in [0.3, 0.4) is 0 Å². The SMILES string of the molecule is CC[C@H](C(=O)N1CCN(C/C=C/c2ccccc2)CC1)N(c1ccccc1)S(C)(=O)=O. The lowest BCUT2D eigenvalue weighted by Crippen LogP contribution is -2.55. The van der Waals surface area contributed by atoms with Gasteiger partial charge in [0.25, 0.3) is 0 Å². The maximum atomic E-state index is 13.3. The molecule has 0 radical (unpaired) electrons. The topological polar surface area (TPSA) is 60.9 Å². The Hall–Kier alpha value is -2.64. The Morgan fingerprint density at radius 2 is 1.58 bits per heavy atom. The molecule has 3 rings (SSSR count). The molecule has 0 aliphatic carbocycles. The van der Waals surface area contributed by atoms with Gasteiger partial charge in [0.2, 0.25) is 15.9 Å². The number of sulfonamides is 1. The molecule has 1 aliphatic heterocycles. The molecule has 0 saturated carbocycles. The third-order valence-electron chi connectivity index (χ3n) is 5.48. The lowest BCUT2D eigenvalue weighted by atomic mass is 10.1. The van der Waals surface area contributed by atoms with E-state index in [4.69, 9.17) is 0 Å². The maximum Gasteiger partial charge on any atom is 0.246 e. The van der Waals surface area contributed by atoms with E-state index >= 15 is 0 Å². The molecular weight excluding hydrogens is 410 g/mol. The molecule has 7 heteroatoms. The highest BCUT2D eigenvalue weighted by Gasteiger charge is 2.35. The number of carbonyl (C=O) groups is 1. The average Bonchev–Trinajstić information content (AvgIpc) is 2.78. The van der Waals surface area contributed by atoms with Crippen molar-refractivity contribution in [2.24, 2.45) is 0 Å². The molecule has 6 nitrogen and oxygen atoms in total. The summed E-state index contributed by atoms with van der Waals surface area (Å²) in [6.45, 7) is 5.42. The van der Waals surface area contributed by atoms with Crippen molar-refractivity contribution in [2.75, 3.05) is 43.3 Å². The van der Waals surface area contributed by atoms with Gasteiger partial charge < -0.3 is 4.90 Å². The molecule has 1 aliphatic rings. The fraction of sp³-hybridized carbons (Fsp3) is 0.375. The summed E-state index contributed by atoms with van der Waals surface area (Å²) < 4.78 is 26.4. The Labute approximate surface area is 185 Å². The molecule has 1 saturated heterocycles. The summed E-state index contributed by atoms with van der Waals surface area (Å²) in [5, 5.41) is 0. The Morgan fingerprint density at radius 1 is 1.00 bits per heavy atom. The molecule has 1 heterocycles. The molecule has 0 unspecified atom stereocenters. The summed E-state index contributed by atoms with van der Waals surface area (Å²) in [6, 6.07) is 18.3. The molecule has 1 amide bonds. The van der Waals surface area contributed by atoms with E-state index in [1.807, 2.05) is 31.2 Å². The van der Waals surface area contributed by atoms with Crippen LogP contribution < -0.4 is 4.31 Å². The quantitative estimate of drug-likeness (QED) is 0.632. The number of nitrogens with zero attached hydrogens (tertiary/aromatic N) is 3. The highest BCUT2D eigenvalue weighted by Crippen LogP contribution is 2.23. The first-order valence-corrected chi connectivity index (χ1v) is 12.5. The first-order valence-electron chi connectivity index (χ1n) is 10.7. The Bertz CT molecular complexity index is 970. The molecule has 0 spiro atoms. The van der Waals surface area contributed by atoms with Crippen molar-refractivity contribution in [2.45, 2.75) is 19.4 Å². The fourth-order valence-electron chi connectivity index (χ4n) is 3.88. The molecule has 1 atom stereocenters. The minimum Gasteiger partial charge on any atom is -0.338 e. The van der Waals surface area contributed by atoms with Gasteiger partial charge in [0, 0.05) is 32.7 Å². The van der Waals surface area contributed by atoms with Crippen molar-refractivity contribution in [3.63, 3.8) is 0 Å². The van der Waals surface area contributed by atoms with Crippen molar-refractivity contribution < 1.29 is 13.2 Å². The number of amides is 1. The first kappa shape index (κ1) is 23.0. The minimum absolute atomic E-state index is 0.128. The van der Waals surface area contributed by atoms with Crippen LogP contribution in [-0.4, -0.2) is 69.1 Å². The van der Waals surface area contributed by atoms with Crippen molar-refractivity contribution in [3.05, 3.63) is 72.3 Å². The van der Waals surface area contributed by atoms with Crippen LogP contribution in [0, 0.1) is 0 Å². The lowest BCUT2D eigenvalue weighted by Gasteiger charge is -2.38. The van der Waals surface area contributed by atoms with Crippen molar-refractivity contribution >= 4 is 27.7 Å². The maximum absolute atomic E-state index is 13.3. The van der Waals surface area contributed by atoms with Gasteiger partial charge in [-0.15, -0.1) is 0 Å². The third kappa shape index (κ3) is 6.18. The minimum atomic E-state index is -3.60. The summed E-state index contributed by atoms with van der Waals surface area (Å²) in [4.78, 5) is 17.4. The van der Waals surface area contributed by atoms with E-state index < -0.39 is 16.1 Å². The smallest absolute Gasteiger partial charge is 0.246 e. The van der Waals surface area contributed by atoms with Crippen molar-refractivity contribution in [3.8, 4) is 0 Å². The van der Waals surface area contributed by atoms with Gasteiger partial charge >= 0.3 is 0 Å². The van der Waals surface area contributed by atoms with E-state index in [9.17, 15) is 13.2 Å². The van der Waals surface area contributed by atoms with Gasteiger partial charge in [-0.05, 0) is 24.1 Å². The molecular formula is C24H31N3O3S. The number of rotatable bonds is 8. The van der Waals surface area contributed by atoms with Crippen LogP contribution in [0.1, 0.15) is 18.9 Å². The van der Waals surface area contributed by atoms with Crippen LogP contribution in [0.5, 0.6) is 0 Å². The second kappa shape index (κ2) is 10.6. The number of hydrogen-bond donors (Lipinski definition) is 0. The molecule has 0 aromatic heterocycles. The van der Waals surface area contributed by atoms with Gasteiger partial charge in [-0.25, -0.2) is 8.42 Å². The van der Waals surface area contributed by atoms with Gasteiger partial charge in [0.15, 0.2) is 0 Å². The summed E-state index contributed by atoms with van der Waals surface area (Å²) in [5.41, 5.74) is 1.69. The number of benzene rings is 2. The van der Waals surface area contributed by atoms with E-state index in [0.717, 1.165) is 25.9 Å². The standard InChI is InChI=1S/C24H31N3O3S/c1-3-23(27(31(2,29)30)22-14-8-5-9-15-22)24(28)26-19-17-25(18-20-26)16-10-13-21-11-6-4-7-12-21/h4-15,23H,3,16-20H2,1-2H3/b13-10+/t23-/m1/s1. The molecule has 166 valence electrons. The van der Waals surface area contributed by atoms with Gasteiger partial charge in [0.05, 0.1) is 11.9 Å².